The molecule has 7 nitrogen and oxygen atoms in total. The zero-order chi connectivity index (χ0) is 21.4. The van der Waals surface area contributed by atoms with Crippen molar-refractivity contribution in [2.75, 3.05) is 6.54 Å². The Morgan fingerprint density at radius 3 is 2.63 bits per heavy atom. The highest BCUT2D eigenvalue weighted by atomic mass is 16.5. The number of benzene rings is 2. The number of carbonyl (C=O) groups is 4. The number of H-pyrrole nitrogens is 1. The molecule has 2 amide bonds. The maximum absolute atomic E-state index is 12.8. The Morgan fingerprint density at radius 2 is 1.87 bits per heavy atom. The number of nitrogens with one attached hydrogen (secondary N) is 1. The average molecular weight is 402 g/mol. The Kier molecular flexibility index (Phi) is 4.79. The summed E-state index contributed by atoms with van der Waals surface area (Å²) in [6.45, 7) is 5.12. The number of nitrogens with zero attached hydrogens (tertiary/aromatic N) is 1. The van der Waals surface area contributed by atoms with Crippen LogP contribution in [0.5, 0.6) is 0 Å². The minimum absolute atomic E-state index is 0.0856. The highest BCUT2D eigenvalue weighted by Crippen LogP contribution is 2.25. The molecule has 30 heavy (non-hydrogen) atoms. The third-order valence-corrected chi connectivity index (χ3v) is 5.03. The summed E-state index contributed by atoms with van der Waals surface area (Å²) in [5.74, 6) is -2.02. The van der Waals surface area contributed by atoms with Crippen LogP contribution in [-0.4, -0.2) is 46.1 Å². The molecule has 1 aliphatic heterocycles. The number of fused-ring (bicyclic) bond motifs is 2. The van der Waals surface area contributed by atoms with Gasteiger partial charge in [-0.1, -0.05) is 24.3 Å². The number of esters is 1. The van der Waals surface area contributed by atoms with Crippen LogP contribution in [0.2, 0.25) is 0 Å². The molecule has 0 saturated carbocycles. The Hall–Kier alpha value is -4.00. The molecule has 4 rings (SSSR count). The quantitative estimate of drug-likeness (QED) is 0.295. The van der Waals surface area contributed by atoms with E-state index in [2.05, 4.69) is 11.6 Å². The molecule has 0 unspecified atom stereocenters. The van der Waals surface area contributed by atoms with Crippen molar-refractivity contribution in [2.45, 2.75) is 13.0 Å². The second kappa shape index (κ2) is 7.44. The van der Waals surface area contributed by atoms with E-state index in [0.717, 1.165) is 15.8 Å². The van der Waals surface area contributed by atoms with E-state index in [-0.39, 0.29) is 29.0 Å². The monoisotopic (exact) mass is 402 g/mol. The first kappa shape index (κ1) is 19.3. The number of carbonyl (C=O) groups excluding carboxylic acids is 4. The third kappa shape index (κ3) is 3.10. The van der Waals surface area contributed by atoms with Crippen molar-refractivity contribution in [1.29, 1.82) is 0 Å². The molecule has 2 heterocycles. The fourth-order valence-corrected chi connectivity index (χ4v) is 3.49. The van der Waals surface area contributed by atoms with E-state index in [1.165, 1.54) is 31.2 Å². The van der Waals surface area contributed by atoms with Crippen molar-refractivity contribution in [3.05, 3.63) is 83.6 Å². The summed E-state index contributed by atoms with van der Waals surface area (Å²) in [6, 6.07) is 11.5. The molecule has 7 heteroatoms. The first-order valence-corrected chi connectivity index (χ1v) is 9.35. The summed E-state index contributed by atoms with van der Waals surface area (Å²) in [5, 5.41) is 0.745. The van der Waals surface area contributed by atoms with Crippen LogP contribution in [0.15, 0.2) is 61.3 Å². The van der Waals surface area contributed by atoms with Crippen molar-refractivity contribution >= 4 is 34.5 Å². The van der Waals surface area contributed by atoms with E-state index in [0.29, 0.717) is 5.56 Å². The summed E-state index contributed by atoms with van der Waals surface area (Å²) < 4.78 is 5.34. The van der Waals surface area contributed by atoms with Gasteiger partial charge in [0.2, 0.25) is 5.78 Å². The number of imide groups is 1. The number of ether oxygens (including phenoxy) is 1. The lowest BCUT2D eigenvalue weighted by atomic mass is 10.0. The topological polar surface area (TPSA) is 96.5 Å². The van der Waals surface area contributed by atoms with Gasteiger partial charge in [-0.15, -0.1) is 6.58 Å². The van der Waals surface area contributed by atoms with Crippen LogP contribution < -0.4 is 0 Å². The van der Waals surface area contributed by atoms with Gasteiger partial charge in [-0.3, -0.25) is 19.3 Å². The van der Waals surface area contributed by atoms with Gasteiger partial charge in [0.1, 0.15) is 0 Å². The van der Waals surface area contributed by atoms with E-state index in [9.17, 15) is 19.2 Å². The SMILES string of the molecule is C=CCN1C(=O)c2ccc(C(=O)O[C@@H](C)C(=O)c3c[nH]c4ccccc34)cc2C1=O. The van der Waals surface area contributed by atoms with E-state index in [1.807, 2.05) is 24.3 Å². The number of rotatable bonds is 6. The molecule has 0 aliphatic carbocycles. The largest absolute Gasteiger partial charge is 0.451 e. The fraction of sp³-hybridized carbons (Fsp3) is 0.130. The second-order valence-corrected chi connectivity index (χ2v) is 6.93. The van der Waals surface area contributed by atoms with E-state index in [1.54, 1.807) is 6.20 Å². The first-order valence-electron chi connectivity index (χ1n) is 9.35. The Bertz CT molecular complexity index is 1220. The molecular weight excluding hydrogens is 384 g/mol. The maximum atomic E-state index is 12.8. The van der Waals surface area contributed by atoms with Gasteiger partial charge in [-0.2, -0.15) is 0 Å². The van der Waals surface area contributed by atoms with Gasteiger partial charge in [0.15, 0.2) is 6.10 Å². The van der Waals surface area contributed by atoms with Gasteiger partial charge in [-0.05, 0) is 31.2 Å². The second-order valence-electron chi connectivity index (χ2n) is 6.93. The molecule has 1 aliphatic rings. The molecule has 1 N–H and O–H groups in total. The van der Waals surface area contributed by atoms with Gasteiger partial charge in [0.25, 0.3) is 11.8 Å². The maximum Gasteiger partial charge on any atom is 0.338 e. The smallest absolute Gasteiger partial charge is 0.338 e. The fourth-order valence-electron chi connectivity index (χ4n) is 3.49. The van der Waals surface area contributed by atoms with Crippen LogP contribution in [0.25, 0.3) is 10.9 Å². The number of aromatic nitrogens is 1. The van der Waals surface area contributed by atoms with Gasteiger partial charge in [-0.25, -0.2) is 4.79 Å². The molecule has 0 radical (unpaired) electrons. The lowest BCUT2D eigenvalue weighted by Gasteiger charge is -2.12. The predicted octanol–water partition coefficient (Wildman–Crippen LogP) is 3.38. The van der Waals surface area contributed by atoms with E-state index in [4.69, 9.17) is 4.74 Å². The number of aromatic amines is 1. The number of para-hydroxylation sites is 1. The minimum atomic E-state index is -1.03. The van der Waals surface area contributed by atoms with Crippen molar-refractivity contribution < 1.29 is 23.9 Å². The predicted molar refractivity (Wildman–Crippen MR) is 110 cm³/mol. The number of Topliss-reactive ketones (excluding diaryl/α,β-unsaturated/α-hetero) is 1. The third-order valence-electron chi connectivity index (χ3n) is 5.03. The van der Waals surface area contributed by atoms with Crippen LogP contribution in [0, 0.1) is 0 Å². The number of hydrogen-bond donors (Lipinski definition) is 1. The van der Waals surface area contributed by atoms with Crippen molar-refractivity contribution in [1.82, 2.24) is 9.88 Å². The zero-order valence-electron chi connectivity index (χ0n) is 16.2. The zero-order valence-corrected chi connectivity index (χ0v) is 16.2. The highest BCUT2D eigenvalue weighted by molar-refractivity contribution is 6.22. The Balaban J connectivity index is 1.53. The summed E-state index contributed by atoms with van der Waals surface area (Å²) >= 11 is 0. The van der Waals surface area contributed by atoms with Crippen LogP contribution in [-0.2, 0) is 4.74 Å². The molecule has 0 saturated heterocycles. The minimum Gasteiger partial charge on any atom is -0.451 e. The molecule has 1 atom stereocenters. The number of ketones is 1. The summed E-state index contributed by atoms with van der Waals surface area (Å²) in [5.41, 5.74) is 1.69. The van der Waals surface area contributed by atoms with Crippen LogP contribution in [0.4, 0.5) is 0 Å². The normalized spacial score (nSPS) is 14.0. The van der Waals surface area contributed by atoms with E-state index < -0.39 is 23.9 Å². The van der Waals surface area contributed by atoms with Crippen LogP contribution in [0.1, 0.15) is 48.4 Å². The molecule has 3 aromatic rings. The average Bonchev–Trinajstić information content (AvgIpc) is 3.28. The first-order chi connectivity index (χ1) is 14.4. The van der Waals surface area contributed by atoms with Crippen LogP contribution in [0.3, 0.4) is 0 Å². The number of hydrogen-bond acceptors (Lipinski definition) is 5. The van der Waals surface area contributed by atoms with Gasteiger partial charge in [0, 0.05) is 29.2 Å². The lowest BCUT2D eigenvalue weighted by Crippen LogP contribution is -2.29. The standard InChI is InChI=1S/C23H18N2O5/c1-3-10-25-21(27)16-9-8-14(11-17(16)22(25)28)23(29)30-13(2)20(26)18-12-24-19-7-5-4-6-15(18)19/h3-9,11-13,24H,1,10H2,2H3/t13-/m0/s1. The molecular formula is C23H18N2O5. The summed E-state index contributed by atoms with van der Waals surface area (Å²) in [4.78, 5) is 54.1. The van der Waals surface area contributed by atoms with Crippen molar-refractivity contribution in [3.8, 4) is 0 Å². The van der Waals surface area contributed by atoms with Crippen molar-refractivity contribution in [2.24, 2.45) is 0 Å². The molecule has 150 valence electrons. The van der Waals surface area contributed by atoms with Gasteiger partial charge >= 0.3 is 5.97 Å². The highest BCUT2D eigenvalue weighted by Gasteiger charge is 2.35. The molecule has 1 aromatic heterocycles. The Labute approximate surface area is 171 Å². The summed E-state index contributed by atoms with van der Waals surface area (Å²) in [7, 11) is 0. The number of amides is 2. The van der Waals surface area contributed by atoms with Gasteiger partial charge < -0.3 is 9.72 Å². The van der Waals surface area contributed by atoms with Gasteiger partial charge in [0.05, 0.1) is 16.7 Å². The van der Waals surface area contributed by atoms with Crippen molar-refractivity contribution in [3.63, 3.8) is 0 Å². The molecule has 2 aromatic carbocycles. The lowest BCUT2D eigenvalue weighted by molar-refractivity contribution is 0.0319. The summed E-state index contributed by atoms with van der Waals surface area (Å²) in [6.07, 6.45) is 2.01. The van der Waals surface area contributed by atoms with E-state index >= 15 is 0 Å². The molecule has 0 fully saturated rings. The molecule has 0 bridgehead atoms. The van der Waals surface area contributed by atoms with Crippen LogP contribution >= 0.6 is 0 Å². The molecule has 0 spiro atoms. The Morgan fingerprint density at radius 1 is 1.13 bits per heavy atom.